The molecular weight excluding hydrogens is 551 g/mol. The first-order valence-corrected chi connectivity index (χ1v) is 14.3. The van der Waals surface area contributed by atoms with Gasteiger partial charge >= 0.3 is 6.36 Å². The molecule has 13 heteroatoms. The van der Waals surface area contributed by atoms with Crippen LogP contribution in [0, 0.1) is 6.92 Å². The van der Waals surface area contributed by atoms with Crippen LogP contribution in [0.15, 0.2) is 82.8 Å². The van der Waals surface area contributed by atoms with Crippen LogP contribution in [0.1, 0.15) is 18.3 Å². The van der Waals surface area contributed by atoms with E-state index in [1.54, 1.807) is 54.7 Å². The molecule has 39 heavy (non-hydrogen) atoms. The summed E-state index contributed by atoms with van der Waals surface area (Å²) in [6, 6.07) is 15.8. The number of ether oxygens (including phenoxy) is 1. The molecule has 1 aliphatic rings. The summed E-state index contributed by atoms with van der Waals surface area (Å²) in [6.45, 7) is 3.34. The fourth-order valence-electron chi connectivity index (χ4n) is 4.97. The smallest absolute Gasteiger partial charge is 0.406 e. The van der Waals surface area contributed by atoms with Crippen molar-refractivity contribution < 1.29 is 26.3 Å². The fraction of sp³-hybridized carbons (Fsp3) is 0.231. The molecule has 1 saturated heterocycles. The van der Waals surface area contributed by atoms with Crippen molar-refractivity contribution in [3.8, 4) is 5.75 Å². The van der Waals surface area contributed by atoms with Crippen LogP contribution in [0.4, 0.5) is 13.2 Å². The first-order chi connectivity index (χ1) is 18.6. The highest BCUT2D eigenvalue weighted by atomic mass is 32.2. The van der Waals surface area contributed by atoms with Crippen LogP contribution in [-0.2, 0) is 10.0 Å². The van der Waals surface area contributed by atoms with Gasteiger partial charge in [0.25, 0.3) is 10.0 Å². The summed E-state index contributed by atoms with van der Waals surface area (Å²) < 4.78 is 73.4. The molecule has 0 aliphatic carbocycles. The number of halogens is 3. The van der Waals surface area contributed by atoms with Gasteiger partial charge in [-0.15, -0.1) is 13.2 Å². The first kappa shape index (κ1) is 25.7. The maximum absolute atomic E-state index is 13.3. The summed E-state index contributed by atoms with van der Waals surface area (Å²) in [5.41, 5.74) is 1.84. The second-order valence-electron chi connectivity index (χ2n) is 9.13. The molecule has 4 heterocycles. The number of aryl methyl sites for hydroxylation is 1. The molecule has 8 nitrogen and oxygen atoms in total. The summed E-state index contributed by atoms with van der Waals surface area (Å²) >= 11 is 1.47. The van der Waals surface area contributed by atoms with E-state index in [4.69, 9.17) is 4.98 Å². The lowest BCUT2D eigenvalue weighted by atomic mass is 10.2. The Morgan fingerprint density at radius 2 is 1.79 bits per heavy atom. The Bertz CT molecular complexity index is 1770. The van der Waals surface area contributed by atoms with Crippen LogP contribution < -0.4 is 4.74 Å². The van der Waals surface area contributed by atoms with Gasteiger partial charge in [0.1, 0.15) is 17.1 Å². The number of nitrogens with zero attached hydrogens (tertiary/aromatic N) is 5. The fourth-order valence-corrected chi connectivity index (χ4v) is 7.29. The van der Waals surface area contributed by atoms with Gasteiger partial charge in [0, 0.05) is 29.6 Å². The lowest BCUT2D eigenvalue weighted by molar-refractivity contribution is -0.274. The van der Waals surface area contributed by atoms with Crippen molar-refractivity contribution in [1.29, 1.82) is 0 Å². The number of aromatic nitrogens is 4. The maximum Gasteiger partial charge on any atom is 0.573 e. The lowest BCUT2D eigenvalue weighted by Gasteiger charge is -2.18. The SMILES string of the molecule is Cc1nc2cnc3c(ccn3S(=O)(=O)c3ccccc3)c2n1C1CCN(Sc2ccc(OC(F)(F)F)cc2)C1. The average molecular weight is 574 g/mol. The Labute approximate surface area is 226 Å². The molecule has 0 bridgehead atoms. The standard InChI is InChI=1S/C26H22F3N5O3S2/c1-17-31-23-15-30-25-22(12-14-33(25)39(35,36)21-5-3-2-4-6-21)24(23)34(17)18-11-13-32(16-18)38-20-9-7-19(8-10-20)37-26(27,28)29/h2-10,12,14-15,18H,11,13,16H2,1H3. The minimum Gasteiger partial charge on any atom is -0.406 e. The molecule has 0 N–H and O–H groups in total. The van der Waals surface area contributed by atoms with E-state index in [1.807, 2.05) is 6.92 Å². The minimum absolute atomic E-state index is 0.0648. The van der Waals surface area contributed by atoms with Crippen LogP contribution in [0.2, 0.25) is 0 Å². The highest BCUT2D eigenvalue weighted by Crippen LogP contribution is 2.37. The monoisotopic (exact) mass is 573 g/mol. The van der Waals surface area contributed by atoms with Crippen LogP contribution in [0.3, 0.4) is 0 Å². The summed E-state index contributed by atoms with van der Waals surface area (Å²) in [5.74, 6) is 0.536. The molecule has 0 saturated carbocycles. The molecule has 2 aromatic carbocycles. The van der Waals surface area contributed by atoms with Gasteiger partial charge in [0.05, 0.1) is 22.7 Å². The number of rotatable bonds is 6. The average Bonchev–Trinajstić information content (AvgIpc) is 3.61. The highest BCUT2D eigenvalue weighted by molar-refractivity contribution is 7.97. The number of pyridine rings is 1. The second kappa shape index (κ2) is 9.57. The molecule has 1 fully saturated rings. The van der Waals surface area contributed by atoms with E-state index in [0.29, 0.717) is 23.1 Å². The van der Waals surface area contributed by atoms with E-state index in [2.05, 4.69) is 18.6 Å². The van der Waals surface area contributed by atoms with Crippen molar-refractivity contribution in [1.82, 2.24) is 22.8 Å². The zero-order valence-electron chi connectivity index (χ0n) is 20.5. The van der Waals surface area contributed by atoms with Crippen molar-refractivity contribution in [2.45, 2.75) is 35.5 Å². The van der Waals surface area contributed by atoms with Gasteiger partial charge < -0.3 is 9.30 Å². The van der Waals surface area contributed by atoms with Crippen LogP contribution in [0.5, 0.6) is 5.75 Å². The number of imidazole rings is 1. The van der Waals surface area contributed by atoms with Crippen molar-refractivity contribution in [3.05, 3.63) is 78.9 Å². The number of benzene rings is 2. The van der Waals surface area contributed by atoms with Crippen molar-refractivity contribution in [2.24, 2.45) is 0 Å². The Morgan fingerprint density at radius 1 is 1.05 bits per heavy atom. The molecule has 1 unspecified atom stereocenters. The minimum atomic E-state index is -4.73. The van der Waals surface area contributed by atoms with E-state index in [-0.39, 0.29) is 16.7 Å². The Hall–Kier alpha value is -3.55. The zero-order valence-corrected chi connectivity index (χ0v) is 22.2. The van der Waals surface area contributed by atoms with Gasteiger partial charge in [-0.25, -0.2) is 26.7 Å². The van der Waals surface area contributed by atoms with E-state index >= 15 is 0 Å². The van der Waals surface area contributed by atoms with Crippen LogP contribution in [0.25, 0.3) is 22.1 Å². The second-order valence-corrected chi connectivity index (χ2v) is 12.1. The van der Waals surface area contributed by atoms with Crippen LogP contribution in [-0.4, -0.2) is 50.7 Å². The van der Waals surface area contributed by atoms with Crippen molar-refractivity contribution >= 4 is 44.0 Å². The molecule has 0 radical (unpaired) electrons. The third kappa shape index (κ3) is 4.85. The molecule has 1 aliphatic heterocycles. The van der Waals surface area contributed by atoms with Crippen molar-refractivity contribution in [3.63, 3.8) is 0 Å². The number of hydrogen-bond acceptors (Lipinski definition) is 7. The quantitative estimate of drug-likeness (QED) is 0.238. The number of alkyl halides is 3. The summed E-state index contributed by atoms with van der Waals surface area (Å²) in [5, 5.41) is 0.693. The first-order valence-electron chi connectivity index (χ1n) is 12.0. The van der Waals surface area contributed by atoms with Gasteiger partial charge in [0.2, 0.25) is 0 Å². The van der Waals surface area contributed by atoms with Gasteiger partial charge in [-0.3, -0.25) is 0 Å². The third-order valence-corrected chi connectivity index (χ3v) is 9.34. The van der Waals surface area contributed by atoms with Gasteiger partial charge in [-0.2, -0.15) is 0 Å². The Balaban J connectivity index is 1.29. The van der Waals surface area contributed by atoms with Gasteiger partial charge in [-0.1, -0.05) is 18.2 Å². The van der Waals surface area contributed by atoms with Crippen molar-refractivity contribution in [2.75, 3.05) is 13.1 Å². The lowest BCUT2D eigenvalue weighted by Crippen LogP contribution is -2.17. The van der Waals surface area contributed by atoms with Gasteiger partial charge in [-0.05, 0) is 67.8 Å². The summed E-state index contributed by atoms with van der Waals surface area (Å²) in [6.07, 6.45) is -0.781. The summed E-state index contributed by atoms with van der Waals surface area (Å²) in [7, 11) is -3.83. The predicted molar refractivity (Wildman–Crippen MR) is 141 cm³/mol. The van der Waals surface area contributed by atoms with E-state index in [9.17, 15) is 21.6 Å². The molecule has 3 aromatic heterocycles. The van der Waals surface area contributed by atoms with Crippen LogP contribution >= 0.6 is 11.9 Å². The van der Waals surface area contributed by atoms with Gasteiger partial charge in [0.15, 0.2) is 5.65 Å². The molecule has 0 spiro atoms. The normalized spacial score (nSPS) is 16.9. The molecule has 202 valence electrons. The predicted octanol–water partition coefficient (Wildman–Crippen LogP) is 5.78. The highest BCUT2D eigenvalue weighted by Gasteiger charge is 2.32. The molecule has 1 atom stereocenters. The van der Waals surface area contributed by atoms with E-state index in [0.717, 1.165) is 29.2 Å². The maximum atomic E-state index is 13.3. The number of fused-ring (bicyclic) bond motifs is 3. The third-order valence-electron chi connectivity index (χ3n) is 6.59. The van der Waals surface area contributed by atoms with E-state index in [1.165, 1.54) is 34.2 Å². The topological polar surface area (TPSA) is 82.2 Å². The zero-order chi connectivity index (χ0) is 27.4. The molecule has 6 rings (SSSR count). The molecule has 5 aromatic rings. The number of hydrogen-bond donors (Lipinski definition) is 0. The molecular formula is C26H22F3N5O3S2. The summed E-state index contributed by atoms with van der Waals surface area (Å²) in [4.78, 5) is 10.1. The Kier molecular flexibility index (Phi) is 6.31. The van der Waals surface area contributed by atoms with E-state index < -0.39 is 16.4 Å². The Morgan fingerprint density at radius 3 is 2.51 bits per heavy atom. The largest absolute Gasteiger partial charge is 0.573 e. The molecule has 0 amide bonds.